The van der Waals surface area contributed by atoms with Gasteiger partial charge in [0.2, 0.25) is 0 Å². The molecule has 0 unspecified atom stereocenters. The first-order valence-corrected chi connectivity index (χ1v) is 18.6. The lowest BCUT2D eigenvalue weighted by molar-refractivity contribution is 1.08. The van der Waals surface area contributed by atoms with Gasteiger partial charge in [-0.2, -0.15) is 0 Å². The summed E-state index contributed by atoms with van der Waals surface area (Å²) in [5.74, 6) is 2.01. The monoisotopic (exact) mass is 686 g/mol. The number of para-hydroxylation sites is 2. The van der Waals surface area contributed by atoms with Crippen LogP contribution in [0.3, 0.4) is 0 Å². The van der Waals surface area contributed by atoms with E-state index >= 15 is 0 Å². The minimum atomic E-state index is 0.656. The molecule has 0 aliphatic heterocycles. The molecule has 0 N–H and O–H groups in total. The quantitative estimate of drug-likeness (QED) is 0.185. The van der Waals surface area contributed by atoms with Crippen molar-refractivity contribution in [3.8, 4) is 39.9 Å². The molecule has 0 aliphatic rings. The molecule has 4 nitrogen and oxygen atoms in total. The van der Waals surface area contributed by atoms with Crippen molar-refractivity contribution in [2.24, 2.45) is 0 Å². The lowest BCUT2D eigenvalue weighted by Gasteiger charge is -2.11. The summed E-state index contributed by atoms with van der Waals surface area (Å²) in [6.07, 6.45) is 0. The molecular formula is C45H26N4S2. The standard InChI is InChI=1S/C45H26N4S2/c1-2-12-28(13-3-1)49-36-20-7-4-14-29(36)35-26-27(24-25-37(35)49)43-46-44(33-18-11-23-40-41(33)32-16-6-9-22-39(32)50-40)48-45(47-43)34-19-10-17-31-30-15-5-8-21-38(30)51-42(31)34/h1-26H. The SMILES string of the molecule is c1ccc(-n2c3ccccc3c3cc(-c4nc(-c5cccc6c5sc5ccccc56)nc(-c5cccc6sc7ccccc7c56)n4)ccc32)cc1. The second-order valence-electron chi connectivity index (χ2n) is 12.8. The molecule has 0 atom stereocenters. The molecule has 0 spiro atoms. The highest BCUT2D eigenvalue weighted by atomic mass is 32.1. The number of hydrogen-bond acceptors (Lipinski definition) is 5. The summed E-state index contributed by atoms with van der Waals surface area (Å²) in [4.78, 5) is 15.9. The molecule has 0 bridgehead atoms. The predicted octanol–water partition coefficient (Wildman–Crippen LogP) is 12.7. The molecule has 0 aliphatic carbocycles. The Morgan fingerprint density at radius 3 is 1.86 bits per heavy atom. The van der Waals surface area contributed by atoms with E-state index in [1.54, 1.807) is 11.3 Å². The van der Waals surface area contributed by atoms with E-state index in [-0.39, 0.29) is 0 Å². The van der Waals surface area contributed by atoms with Crippen molar-refractivity contribution in [3.05, 3.63) is 158 Å². The van der Waals surface area contributed by atoms with Gasteiger partial charge in [-0.05, 0) is 60.7 Å². The molecular weight excluding hydrogens is 661 g/mol. The van der Waals surface area contributed by atoms with E-state index in [1.165, 1.54) is 51.2 Å². The molecule has 4 heterocycles. The van der Waals surface area contributed by atoms with E-state index in [1.807, 2.05) is 11.3 Å². The number of hydrogen-bond donors (Lipinski definition) is 0. The van der Waals surface area contributed by atoms with E-state index in [0.29, 0.717) is 17.5 Å². The molecule has 0 saturated carbocycles. The number of rotatable bonds is 4. The normalized spacial score (nSPS) is 11.9. The zero-order valence-corrected chi connectivity index (χ0v) is 28.7. The number of benzene rings is 7. The Labute approximate surface area is 300 Å². The van der Waals surface area contributed by atoms with E-state index in [4.69, 9.17) is 15.0 Å². The van der Waals surface area contributed by atoms with Gasteiger partial charge in [0.1, 0.15) is 0 Å². The number of aromatic nitrogens is 4. The second kappa shape index (κ2) is 11.2. The van der Waals surface area contributed by atoms with Crippen LogP contribution in [0.5, 0.6) is 0 Å². The highest BCUT2D eigenvalue weighted by Crippen LogP contribution is 2.42. The first kappa shape index (κ1) is 28.6. The van der Waals surface area contributed by atoms with Crippen LogP contribution in [0.1, 0.15) is 0 Å². The topological polar surface area (TPSA) is 43.6 Å². The Bertz CT molecular complexity index is 3150. The molecule has 51 heavy (non-hydrogen) atoms. The predicted molar refractivity (Wildman–Crippen MR) is 216 cm³/mol. The molecule has 0 amide bonds. The van der Waals surface area contributed by atoms with E-state index < -0.39 is 0 Å². The van der Waals surface area contributed by atoms with E-state index in [0.717, 1.165) is 33.3 Å². The maximum Gasteiger partial charge on any atom is 0.165 e. The first-order valence-electron chi connectivity index (χ1n) is 16.9. The summed E-state index contributed by atoms with van der Waals surface area (Å²) in [5, 5.41) is 7.23. The van der Waals surface area contributed by atoms with Crippen LogP contribution < -0.4 is 0 Å². The van der Waals surface area contributed by atoms with Crippen molar-refractivity contribution < 1.29 is 0 Å². The van der Waals surface area contributed by atoms with Gasteiger partial charge in [0.25, 0.3) is 0 Å². The first-order chi connectivity index (χ1) is 25.3. The van der Waals surface area contributed by atoms with Crippen LogP contribution in [0.4, 0.5) is 0 Å². The summed E-state index contributed by atoms with van der Waals surface area (Å²) in [7, 11) is 0. The zero-order chi connectivity index (χ0) is 33.5. The minimum absolute atomic E-state index is 0.656. The third-order valence-corrected chi connectivity index (χ3v) is 12.2. The van der Waals surface area contributed by atoms with Crippen LogP contribution in [0.15, 0.2) is 158 Å². The van der Waals surface area contributed by atoms with Crippen molar-refractivity contribution >= 4 is 84.8 Å². The molecule has 0 saturated heterocycles. The van der Waals surface area contributed by atoms with Crippen molar-refractivity contribution in [1.29, 1.82) is 0 Å². The summed E-state index contributed by atoms with van der Waals surface area (Å²) < 4.78 is 7.25. The minimum Gasteiger partial charge on any atom is -0.309 e. The molecule has 7 aromatic carbocycles. The number of fused-ring (bicyclic) bond motifs is 9. The third kappa shape index (κ3) is 4.40. The molecule has 0 fully saturated rings. The van der Waals surface area contributed by atoms with Gasteiger partial charge >= 0.3 is 0 Å². The van der Waals surface area contributed by atoms with Crippen LogP contribution in [-0.4, -0.2) is 19.5 Å². The molecule has 11 rings (SSSR count). The summed E-state index contributed by atoms with van der Waals surface area (Å²) in [5.41, 5.74) is 6.43. The maximum atomic E-state index is 5.30. The molecule has 0 radical (unpaired) electrons. The largest absolute Gasteiger partial charge is 0.309 e. The van der Waals surface area contributed by atoms with Gasteiger partial charge in [0.05, 0.1) is 11.0 Å². The average molecular weight is 687 g/mol. The Hall–Kier alpha value is -6.21. The lowest BCUT2D eigenvalue weighted by atomic mass is 10.0. The van der Waals surface area contributed by atoms with Gasteiger partial charge in [0, 0.05) is 73.5 Å². The Morgan fingerprint density at radius 1 is 0.392 bits per heavy atom. The van der Waals surface area contributed by atoms with Gasteiger partial charge in [-0.1, -0.05) is 97.1 Å². The fraction of sp³-hybridized carbons (Fsp3) is 0. The fourth-order valence-corrected chi connectivity index (χ4v) is 9.94. The smallest absolute Gasteiger partial charge is 0.165 e. The fourth-order valence-electron chi connectivity index (χ4n) is 7.60. The van der Waals surface area contributed by atoms with Crippen LogP contribution >= 0.6 is 22.7 Å². The van der Waals surface area contributed by atoms with Gasteiger partial charge in [-0.3, -0.25) is 0 Å². The van der Waals surface area contributed by atoms with Crippen LogP contribution in [-0.2, 0) is 0 Å². The summed E-state index contributed by atoms with van der Waals surface area (Å²) in [6, 6.07) is 56.0. The van der Waals surface area contributed by atoms with Crippen LogP contribution in [0.25, 0.3) is 102 Å². The van der Waals surface area contributed by atoms with Crippen molar-refractivity contribution in [2.75, 3.05) is 0 Å². The molecule has 6 heteroatoms. The Kier molecular flexibility index (Phi) is 6.26. The number of thiophene rings is 2. The lowest BCUT2D eigenvalue weighted by Crippen LogP contribution is -2.00. The molecule has 11 aromatic rings. The van der Waals surface area contributed by atoms with Crippen molar-refractivity contribution in [3.63, 3.8) is 0 Å². The average Bonchev–Trinajstić information content (AvgIpc) is 3.87. The van der Waals surface area contributed by atoms with Crippen molar-refractivity contribution in [1.82, 2.24) is 19.5 Å². The molecule has 4 aromatic heterocycles. The Balaban J connectivity index is 1.19. The summed E-state index contributed by atoms with van der Waals surface area (Å²) >= 11 is 3.60. The van der Waals surface area contributed by atoms with Crippen LogP contribution in [0, 0.1) is 0 Å². The second-order valence-corrected chi connectivity index (χ2v) is 14.9. The van der Waals surface area contributed by atoms with Gasteiger partial charge in [-0.25, -0.2) is 15.0 Å². The van der Waals surface area contributed by atoms with Gasteiger partial charge in [0.15, 0.2) is 17.5 Å². The van der Waals surface area contributed by atoms with Gasteiger partial charge in [-0.15, -0.1) is 22.7 Å². The number of nitrogens with zero attached hydrogens (tertiary/aromatic N) is 4. The maximum absolute atomic E-state index is 5.30. The third-order valence-electron chi connectivity index (χ3n) is 9.87. The highest BCUT2D eigenvalue weighted by molar-refractivity contribution is 7.26. The molecule has 238 valence electrons. The summed E-state index contributed by atoms with van der Waals surface area (Å²) in [6.45, 7) is 0. The van der Waals surface area contributed by atoms with E-state index in [9.17, 15) is 0 Å². The van der Waals surface area contributed by atoms with Crippen LogP contribution in [0.2, 0.25) is 0 Å². The highest BCUT2D eigenvalue weighted by Gasteiger charge is 2.20. The van der Waals surface area contributed by atoms with E-state index in [2.05, 4.69) is 162 Å². The van der Waals surface area contributed by atoms with Crippen molar-refractivity contribution in [2.45, 2.75) is 0 Å². The van der Waals surface area contributed by atoms with Gasteiger partial charge < -0.3 is 4.57 Å². The Morgan fingerprint density at radius 2 is 1.00 bits per heavy atom. The zero-order valence-electron chi connectivity index (χ0n) is 27.1.